The van der Waals surface area contributed by atoms with Crippen molar-refractivity contribution in [2.45, 2.75) is 31.7 Å². The van der Waals surface area contributed by atoms with E-state index in [2.05, 4.69) is 10.2 Å². The van der Waals surface area contributed by atoms with E-state index in [1.54, 1.807) is 0 Å². The summed E-state index contributed by atoms with van der Waals surface area (Å²) in [6, 6.07) is 0.336. The maximum absolute atomic E-state index is 12.1. The highest BCUT2D eigenvalue weighted by Gasteiger charge is 2.35. The van der Waals surface area contributed by atoms with E-state index in [-0.39, 0.29) is 11.8 Å². The number of ketones is 1. The van der Waals surface area contributed by atoms with E-state index >= 15 is 0 Å². The lowest BCUT2D eigenvalue weighted by Crippen LogP contribution is -2.54. The Balaban J connectivity index is 1.50. The van der Waals surface area contributed by atoms with E-state index in [0.717, 1.165) is 39.0 Å². The van der Waals surface area contributed by atoms with Crippen LogP contribution in [0.15, 0.2) is 0 Å². The Morgan fingerprint density at radius 2 is 2.26 bits per heavy atom. The molecule has 5 heteroatoms. The van der Waals surface area contributed by atoms with Gasteiger partial charge in [-0.2, -0.15) is 0 Å². The van der Waals surface area contributed by atoms with Gasteiger partial charge < -0.3 is 10.1 Å². The molecule has 0 radical (unpaired) electrons. The molecule has 3 fully saturated rings. The van der Waals surface area contributed by atoms with Crippen LogP contribution in [0.3, 0.4) is 0 Å². The van der Waals surface area contributed by atoms with Crippen LogP contribution in [0.5, 0.6) is 0 Å². The predicted octanol–water partition coefficient (Wildman–Crippen LogP) is 0.193. The summed E-state index contributed by atoms with van der Waals surface area (Å²) in [4.78, 5) is 25.8. The number of rotatable bonds is 3. The van der Waals surface area contributed by atoms with Crippen molar-refractivity contribution in [1.29, 1.82) is 0 Å². The normalized spacial score (nSPS) is 35.8. The number of hydrogen-bond acceptors (Lipinski definition) is 4. The number of fused-ring (bicyclic) bond motifs is 1. The molecule has 0 saturated carbocycles. The average Bonchev–Trinajstić information content (AvgIpc) is 2.93. The zero-order chi connectivity index (χ0) is 13.2. The molecule has 3 rings (SSSR count). The summed E-state index contributed by atoms with van der Waals surface area (Å²) in [5, 5.41) is 3.08. The first-order valence-corrected chi connectivity index (χ1v) is 7.34. The maximum Gasteiger partial charge on any atom is 0.220 e. The van der Waals surface area contributed by atoms with Crippen LogP contribution in [0.2, 0.25) is 0 Å². The molecule has 3 heterocycles. The highest BCUT2D eigenvalue weighted by molar-refractivity contribution is 5.83. The first-order chi connectivity index (χ1) is 9.22. The van der Waals surface area contributed by atoms with Crippen LogP contribution >= 0.6 is 0 Å². The largest absolute Gasteiger partial charge is 0.381 e. The maximum atomic E-state index is 12.1. The van der Waals surface area contributed by atoms with Gasteiger partial charge in [-0.15, -0.1) is 0 Å². The van der Waals surface area contributed by atoms with Gasteiger partial charge in [0.25, 0.3) is 0 Å². The molecule has 3 aliphatic heterocycles. The second-order valence-electron chi connectivity index (χ2n) is 6.02. The van der Waals surface area contributed by atoms with Gasteiger partial charge in [-0.05, 0) is 25.2 Å². The van der Waals surface area contributed by atoms with E-state index < -0.39 is 0 Å². The molecule has 1 amide bonds. The summed E-state index contributed by atoms with van der Waals surface area (Å²) >= 11 is 0. The summed E-state index contributed by atoms with van der Waals surface area (Å²) in [5.74, 6) is 1.16. The summed E-state index contributed by atoms with van der Waals surface area (Å²) in [6.45, 7) is 3.76. The Hall–Kier alpha value is -0.940. The molecule has 0 aromatic carbocycles. The molecule has 0 spiro atoms. The third-order valence-electron chi connectivity index (χ3n) is 4.67. The molecule has 19 heavy (non-hydrogen) atoms. The van der Waals surface area contributed by atoms with E-state index in [1.807, 2.05) is 0 Å². The summed E-state index contributed by atoms with van der Waals surface area (Å²) in [6.07, 6.45) is 3.47. The monoisotopic (exact) mass is 266 g/mol. The van der Waals surface area contributed by atoms with Crippen LogP contribution in [0, 0.1) is 11.8 Å². The molecule has 0 bridgehead atoms. The van der Waals surface area contributed by atoms with E-state index in [4.69, 9.17) is 4.74 Å². The molecule has 3 saturated heterocycles. The second-order valence-corrected chi connectivity index (χ2v) is 6.02. The van der Waals surface area contributed by atoms with Crippen LogP contribution in [0.4, 0.5) is 0 Å². The van der Waals surface area contributed by atoms with Gasteiger partial charge in [0, 0.05) is 38.1 Å². The number of carbonyl (C=O) groups is 2. The standard InChI is InChI=1S/C14H22N2O3/c17-13(11-4-6-19-9-11)8-16-5-3-12-10(7-16)1-2-14(18)15-12/h10-12H,1-9H2,(H,15,18). The van der Waals surface area contributed by atoms with Crippen LogP contribution < -0.4 is 5.32 Å². The minimum Gasteiger partial charge on any atom is -0.381 e. The van der Waals surface area contributed by atoms with Gasteiger partial charge in [-0.3, -0.25) is 14.5 Å². The molecule has 3 unspecified atom stereocenters. The summed E-state index contributed by atoms with van der Waals surface area (Å²) in [7, 11) is 0. The van der Waals surface area contributed by atoms with Gasteiger partial charge in [0.1, 0.15) is 0 Å². The van der Waals surface area contributed by atoms with Gasteiger partial charge in [0.15, 0.2) is 5.78 Å². The Kier molecular flexibility index (Phi) is 3.84. The van der Waals surface area contributed by atoms with Gasteiger partial charge >= 0.3 is 0 Å². The lowest BCUT2D eigenvalue weighted by atomic mass is 9.85. The fraction of sp³-hybridized carbons (Fsp3) is 0.857. The summed E-state index contributed by atoms with van der Waals surface area (Å²) in [5.41, 5.74) is 0. The first kappa shape index (κ1) is 13.1. The van der Waals surface area contributed by atoms with Crippen LogP contribution in [-0.4, -0.2) is 55.5 Å². The third-order valence-corrected chi connectivity index (χ3v) is 4.67. The zero-order valence-corrected chi connectivity index (χ0v) is 11.3. The first-order valence-electron chi connectivity index (χ1n) is 7.34. The molecule has 5 nitrogen and oxygen atoms in total. The van der Waals surface area contributed by atoms with Gasteiger partial charge in [0.05, 0.1) is 13.2 Å². The quantitative estimate of drug-likeness (QED) is 0.792. The van der Waals surface area contributed by atoms with E-state index in [9.17, 15) is 9.59 Å². The Morgan fingerprint density at radius 3 is 3.05 bits per heavy atom. The van der Waals surface area contributed by atoms with Crippen molar-refractivity contribution in [3.8, 4) is 0 Å². The van der Waals surface area contributed by atoms with Gasteiger partial charge in [-0.25, -0.2) is 0 Å². The molecule has 3 atom stereocenters. The number of ether oxygens (including phenoxy) is 1. The highest BCUT2D eigenvalue weighted by Crippen LogP contribution is 2.25. The Bertz CT molecular complexity index is 366. The van der Waals surface area contributed by atoms with Gasteiger partial charge in [-0.1, -0.05) is 0 Å². The minimum absolute atomic E-state index is 0.115. The smallest absolute Gasteiger partial charge is 0.220 e. The third kappa shape index (κ3) is 2.98. The molecular formula is C14H22N2O3. The lowest BCUT2D eigenvalue weighted by Gasteiger charge is -2.41. The Morgan fingerprint density at radius 1 is 1.37 bits per heavy atom. The van der Waals surface area contributed by atoms with Crippen molar-refractivity contribution in [1.82, 2.24) is 10.2 Å². The van der Waals surface area contributed by atoms with Crippen molar-refractivity contribution < 1.29 is 14.3 Å². The SMILES string of the molecule is O=C1CCC2CN(CC(=O)C3CCOC3)CCC2N1. The number of hydrogen-bond donors (Lipinski definition) is 1. The number of amides is 1. The number of nitrogens with zero attached hydrogens (tertiary/aromatic N) is 1. The predicted molar refractivity (Wildman–Crippen MR) is 69.6 cm³/mol. The van der Waals surface area contributed by atoms with Crippen molar-refractivity contribution in [2.24, 2.45) is 11.8 Å². The second kappa shape index (κ2) is 5.59. The van der Waals surface area contributed by atoms with Crippen LogP contribution in [-0.2, 0) is 14.3 Å². The van der Waals surface area contributed by atoms with Crippen LogP contribution in [0.25, 0.3) is 0 Å². The average molecular weight is 266 g/mol. The Labute approximate surface area is 113 Å². The highest BCUT2D eigenvalue weighted by atomic mass is 16.5. The van der Waals surface area contributed by atoms with E-state index in [0.29, 0.717) is 37.3 Å². The molecule has 0 aromatic rings. The molecule has 106 valence electrons. The topological polar surface area (TPSA) is 58.6 Å². The zero-order valence-electron chi connectivity index (χ0n) is 11.3. The van der Waals surface area contributed by atoms with Crippen molar-refractivity contribution in [3.63, 3.8) is 0 Å². The summed E-state index contributed by atoms with van der Waals surface area (Å²) < 4.78 is 5.28. The number of carbonyl (C=O) groups excluding carboxylic acids is 2. The number of nitrogens with one attached hydrogen (secondary N) is 1. The number of Topliss-reactive ketones (excluding diaryl/α,β-unsaturated/α-hetero) is 1. The molecule has 0 aromatic heterocycles. The fourth-order valence-corrected chi connectivity index (χ4v) is 3.47. The number of likely N-dealkylation sites (tertiary alicyclic amines) is 1. The number of piperidine rings is 2. The lowest BCUT2D eigenvalue weighted by molar-refractivity contribution is -0.128. The molecule has 1 N–H and O–H groups in total. The minimum atomic E-state index is 0.115. The fourth-order valence-electron chi connectivity index (χ4n) is 3.47. The molecule has 3 aliphatic rings. The van der Waals surface area contributed by atoms with Crippen molar-refractivity contribution >= 4 is 11.7 Å². The molecular weight excluding hydrogens is 244 g/mol. The van der Waals surface area contributed by atoms with Crippen LogP contribution in [0.1, 0.15) is 25.7 Å². The van der Waals surface area contributed by atoms with Crippen molar-refractivity contribution in [3.05, 3.63) is 0 Å². The van der Waals surface area contributed by atoms with Crippen molar-refractivity contribution in [2.75, 3.05) is 32.8 Å². The van der Waals surface area contributed by atoms with E-state index in [1.165, 1.54) is 0 Å². The molecule has 0 aliphatic carbocycles. The van der Waals surface area contributed by atoms with Gasteiger partial charge in [0.2, 0.25) is 5.91 Å².